The van der Waals surface area contributed by atoms with E-state index in [1.807, 2.05) is 7.05 Å². The van der Waals surface area contributed by atoms with Crippen molar-refractivity contribution >= 4 is 0 Å². The summed E-state index contributed by atoms with van der Waals surface area (Å²) in [6, 6.07) is 0. The lowest BCUT2D eigenvalue weighted by Crippen LogP contribution is -2.30. The minimum absolute atomic E-state index is 0.804. The van der Waals surface area contributed by atoms with Gasteiger partial charge in [0, 0.05) is 12.2 Å². The molecule has 0 spiro atoms. The number of rotatable bonds is 7. The summed E-state index contributed by atoms with van der Waals surface area (Å²) in [7, 11) is 1.99. The lowest BCUT2D eigenvalue weighted by atomic mass is 10.1. The van der Waals surface area contributed by atoms with Crippen LogP contribution in [0.3, 0.4) is 0 Å². The summed E-state index contributed by atoms with van der Waals surface area (Å²) in [6.07, 6.45) is 4.83. The molecule has 0 aliphatic rings. The molecule has 0 heterocycles. The molecule has 0 saturated carbocycles. The smallest absolute Gasteiger partial charge is 0.0676 e. The van der Waals surface area contributed by atoms with Gasteiger partial charge in [-0.05, 0) is 39.7 Å². The molecule has 14 heavy (non-hydrogen) atoms. The van der Waals surface area contributed by atoms with E-state index < -0.39 is 0 Å². The average Bonchev–Trinajstić information content (AvgIpc) is 2.13. The van der Waals surface area contributed by atoms with Crippen LogP contribution in [0.15, 0.2) is 11.8 Å². The Hall–Kier alpha value is -0.500. The zero-order valence-corrected chi connectivity index (χ0v) is 10.4. The van der Waals surface area contributed by atoms with Crippen molar-refractivity contribution < 1.29 is 0 Å². The summed E-state index contributed by atoms with van der Waals surface area (Å²) < 4.78 is 0. The Balaban J connectivity index is 3.92. The first kappa shape index (κ1) is 13.5. The van der Waals surface area contributed by atoms with Crippen LogP contribution >= 0.6 is 0 Å². The van der Waals surface area contributed by atoms with E-state index in [1.165, 1.54) is 18.5 Å². The Bertz CT molecular complexity index is 162. The van der Waals surface area contributed by atoms with Gasteiger partial charge < -0.3 is 10.2 Å². The van der Waals surface area contributed by atoms with Gasteiger partial charge in [0.2, 0.25) is 0 Å². The van der Waals surface area contributed by atoms with Crippen molar-refractivity contribution in [1.29, 1.82) is 0 Å². The standard InChI is InChI=1S/C12H26N2/c1-6-14(10-13-5)12(4)9-7-8-11(2)3/h9,11,13H,6-8,10H2,1-5H3/b12-9+. The Labute approximate surface area is 89.4 Å². The SMILES string of the molecule is CCN(CNC)/C(C)=C/CCC(C)C. The first-order chi connectivity index (χ1) is 6.61. The van der Waals surface area contributed by atoms with Crippen LogP contribution < -0.4 is 5.32 Å². The maximum atomic E-state index is 3.18. The minimum Gasteiger partial charge on any atom is -0.363 e. The molecule has 0 atom stereocenters. The number of hydrogen-bond acceptors (Lipinski definition) is 2. The molecule has 2 heteroatoms. The predicted octanol–water partition coefficient (Wildman–Crippen LogP) is 2.83. The van der Waals surface area contributed by atoms with Gasteiger partial charge >= 0.3 is 0 Å². The van der Waals surface area contributed by atoms with Crippen molar-refractivity contribution in [2.75, 3.05) is 20.3 Å². The van der Waals surface area contributed by atoms with Crippen LogP contribution in [0.4, 0.5) is 0 Å². The van der Waals surface area contributed by atoms with Crippen LogP contribution in [0.2, 0.25) is 0 Å². The highest BCUT2D eigenvalue weighted by Crippen LogP contribution is 2.08. The molecule has 0 bridgehead atoms. The Kier molecular flexibility index (Phi) is 7.58. The summed E-state index contributed by atoms with van der Waals surface area (Å²) in [4.78, 5) is 2.35. The van der Waals surface area contributed by atoms with E-state index in [2.05, 4.69) is 44.0 Å². The Morgan fingerprint density at radius 1 is 1.43 bits per heavy atom. The van der Waals surface area contributed by atoms with Gasteiger partial charge in [-0.25, -0.2) is 0 Å². The molecule has 0 fully saturated rings. The van der Waals surface area contributed by atoms with Gasteiger partial charge in [-0.1, -0.05) is 19.9 Å². The summed E-state index contributed by atoms with van der Waals surface area (Å²) in [5.41, 5.74) is 1.39. The van der Waals surface area contributed by atoms with Crippen LogP contribution in [-0.4, -0.2) is 25.2 Å². The number of nitrogens with zero attached hydrogens (tertiary/aromatic N) is 1. The van der Waals surface area contributed by atoms with Crippen molar-refractivity contribution in [3.63, 3.8) is 0 Å². The van der Waals surface area contributed by atoms with Crippen molar-refractivity contribution in [1.82, 2.24) is 10.2 Å². The second kappa shape index (κ2) is 7.86. The van der Waals surface area contributed by atoms with Gasteiger partial charge in [0.15, 0.2) is 0 Å². The quantitative estimate of drug-likeness (QED) is 0.633. The highest BCUT2D eigenvalue weighted by Gasteiger charge is 2.00. The molecular weight excluding hydrogens is 172 g/mol. The van der Waals surface area contributed by atoms with E-state index in [4.69, 9.17) is 0 Å². The van der Waals surface area contributed by atoms with E-state index in [0.29, 0.717) is 0 Å². The van der Waals surface area contributed by atoms with Crippen molar-refractivity contribution in [2.24, 2.45) is 5.92 Å². The summed E-state index contributed by atoms with van der Waals surface area (Å²) in [5, 5.41) is 3.18. The maximum Gasteiger partial charge on any atom is 0.0676 e. The van der Waals surface area contributed by atoms with E-state index in [1.54, 1.807) is 0 Å². The topological polar surface area (TPSA) is 15.3 Å². The van der Waals surface area contributed by atoms with E-state index in [-0.39, 0.29) is 0 Å². The third-order valence-corrected chi connectivity index (χ3v) is 2.41. The molecular formula is C12H26N2. The molecule has 0 radical (unpaired) electrons. The molecule has 2 nitrogen and oxygen atoms in total. The van der Waals surface area contributed by atoms with Crippen molar-refractivity contribution in [2.45, 2.75) is 40.5 Å². The van der Waals surface area contributed by atoms with Crippen LogP contribution in [0, 0.1) is 5.92 Å². The summed E-state index contributed by atoms with van der Waals surface area (Å²) in [6.45, 7) is 11.0. The van der Waals surface area contributed by atoms with E-state index in [0.717, 1.165) is 19.1 Å². The average molecular weight is 198 g/mol. The molecule has 0 amide bonds. The maximum absolute atomic E-state index is 3.18. The van der Waals surface area contributed by atoms with Crippen molar-refractivity contribution in [3.05, 3.63) is 11.8 Å². The molecule has 0 aliphatic heterocycles. The number of allylic oxidation sites excluding steroid dienone is 2. The van der Waals surface area contributed by atoms with Gasteiger partial charge in [0.1, 0.15) is 0 Å². The first-order valence-electron chi connectivity index (χ1n) is 5.68. The highest BCUT2D eigenvalue weighted by atomic mass is 15.2. The number of hydrogen-bond donors (Lipinski definition) is 1. The lowest BCUT2D eigenvalue weighted by molar-refractivity contribution is 0.342. The molecule has 0 rings (SSSR count). The van der Waals surface area contributed by atoms with Crippen LogP contribution in [0.5, 0.6) is 0 Å². The highest BCUT2D eigenvalue weighted by molar-refractivity contribution is 4.96. The second-order valence-electron chi connectivity index (χ2n) is 4.18. The fourth-order valence-corrected chi connectivity index (χ4v) is 1.43. The van der Waals surface area contributed by atoms with Crippen LogP contribution in [0.25, 0.3) is 0 Å². The molecule has 0 unspecified atom stereocenters. The fraction of sp³-hybridized carbons (Fsp3) is 0.833. The Morgan fingerprint density at radius 2 is 2.07 bits per heavy atom. The predicted molar refractivity (Wildman–Crippen MR) is 64.1 cm³/mol. The summed E-state index contributed by atoms with van der Waals surface area (Å²) >= 11 is 0. The molecule has 0 aromatic rings. The molecule has 84 valence electrons. The third kappa shape index (κ3) is 6.03. The van der Waals surface area contributed by atoms with Gasteiger partial charge in [-0.15, -0.1) is 0 Å². The van der Waals surface area contributed by atoms with Gasteiger partial charge in [0.25, 0.3) is 0 Å². The lowest BCUT2D eigenvalue weighted by Gasteiger charge is -2.23. The first-order valence-corrected chi connectivity index (χ1v) is 5.68. The van der Waals surface area contributed by atoms with Gasteiger partial charge in [-0.2, -0.15) is 0 Å². The third-order valence-electron chi connectivity index (χ3n) is 2.41. The molecule has 0 saturated heterocycles. The monoisotopic (exact) mass is 198 g/mol. The zero-order chi connectivity index (χ0) is 11.0. The second-order valence-corrected chi connectivity index (χ2v) is 4.18. The molecule has 1 N–H and O–H groups in total. The van der Waals surface area contributed by atoms with Crippen LogP contribution in [0.1, 0.15) is 40.5 Å². The van der Waals surface area contributed by atoms with Crippen LogP contribution in [-0.2, 0) is 0 Å². The number of nitrogens with one attached hydrogen (secondary N) is 1. The van der Waals surface area contributed by atoms with Gasteiger partial charge in [0.05, 0.1) is 6.67 Å². The zero-order valence-electron chi connectivity index (χ0n) is 10.4. The minimum atomic E-state index is 0.804. The molecule has 0 aromatic carbocycles. The Morgan fingerprint density at radius 3 is 2.50 bits per heavy atom. The molecule has 0 aromatic heterocycles. The van der Waals surface area contributed by atoms with E-state index >= 15 is 0 Å². The summed E-state index contributed by atoms with van der Waals surface area (Å²) in [5.74, 6) is 0.804. The van der Waals surface area contributed by atoms with E-state index in [9.17, 15) is 0 Å². The molecule has 0 aliphatic carbocycles. The van der Waals surface area contributed by atoms with Crippen molar-refractivity contribution in [3.8, 4) is 0 Å². The fourth-order valence-electron chi connectivity index (χ4n) is 1.43. The largest absolute Gasteiger partial charge is 0.363 e. The van der Waals surface area contributed by atoms with Gasteiger partial charge in [-0.3, -0.25) is 0 Å². The normalized spacial score (nSPS) is 12.3.